The molecule has 0 heterocycles. The standard InChI is InChI=1S/C16H25N3O/c17-16(10-5-2-6-11-16)15(20)19-13-7-12-18-14-8-3-1-4-9-14/h1,3-4,8-9,18H,2,5-7,10-13,17H2,(H,19,20). The Morgan fingerprint density at radius 1 is 1.10 bits per heavy atom. The molecule has 0 spiro atoms. The molecule has 1 fully saturated rings. The first-order valence-electron chi connectivity index (χ1n) is 7.57. The van der Waals surface area contributed by atoms with Gasteiger partial charge >= 0.3 is 0 Å². The van der Waals surface area contributed by atoms with Crippen molar-refractivity contribution < 1.29 is 4.79 Å². The zero-order chi connectivity index (χ0) is 14.3. The summed E-state index contributed by atoms with van der Waals surface area (Å²) in [6.07, 6.45) is 5.88. The zero-order valence-corrected chi connectivity index (χ0v) is 12.0. The molecule has 20 heavy (non-hydrogen) atoms. The van der Waals surface area contributed by atoms with Crippen LogP contribution in [0.25, 0.3) is 0 Å². The van der Waals surface area contributed by atoms with E-state index >= 15 is 0 Å². The first kappa shape index (κ1) is 14.9. The Kier molecular flexibility index (Phi) is 5.41. The van der Waals surface area contributed by atoms with Crippen molar-refractivity contribution >= 4 is 11.6 Å². The summed E-state index contributed by atoms with van der Waals surface area (Å²) in [7, 11) is 0. The predicted molar refractivity (Wildman–Crippen MR) is 82.6 cm³/mol. The number of carbonyl (C=O) groups excluding carboxylic acids is 1. The van der Waals surface area contributed by atoms with Gasteiger partial charge in [-0.1, -0.05) is 37.5 Å². The Morgan fingerprint density at radius 3 is 2.50 bits per heavy atom. The van der Waals surface area contributed by atoms with Crippen LogP contribution in [-0.2, 0) is 4.79 Å². The topological polar surface area (TPSA) is 67.2 Å². The molecule has 0 aliphatic heterocycles. The van der Waals surface area contributed by atoms with Gasteiger partial charge in [0.1, 0.15) is 0 Å². The Morgan fingerprint density at radius 2 is 1.80 bits per heavy atom. The normalized spacial score (nSPS) is 17.4. The number of carbonyl (C=O) groups is 1. The number of nitrogens with one attached hydrogen (secondary N) is 2. The zero-order valence-electron chi connectivity index (χ0n) is 12.0. The predicted octanol–water partition coefficient (Wildman–Crippen LogP) is 2.27. The second kappa shape index (κ2) is 7.29. The molecule has 0 atom stereocenters. The number of hydrogen-bond acceptors (Lipinski definition) is 3. The minimum absolute atomic E-state index is 0.0249. The number of hydrogen-bond donors (Lipinski definition) is 3. The van der Waals surface area contributed by atoms with Crippen LogP contribution in [0.1, 0.15) is 38.5 Å². The van der Waals surface area contributed by atoms with Gasteiger partial charge in [0.2, 0.25) is 5.91 Å². The van der Waals surface area contributed by atoms with Gasteiger partial charge in [-0.15, -0.1) is 0 Å². The molecule has 0 aromatic heterocycles. The largest absolute Gasteiger partial charge is 0.385 e. The van der Waals surface area contributed by atoms with Crippen LogP contribution >= 0.6 is 0 Å². The number of para-hydroxylation sites is 1. The lowest BCUT2D eigenvalue weighted by molar-refractivity contribution is -0.127. The number of anilines is 1. The smallest absolute Gasteiger partial charge is 0.240 e. The Labute approximate surface area is 121 Å². The third-order valence-electron chi connectivity index (χ3n) is 3.94. The SMILES string of the molecule is NC1(C(=O)NCCCNc2ccccc2)CCCCC1. The Hall–Kier alpha value is -1.55. The lowest BCUT2D eigenvalue weighted by Gasteiger charge is -2.31. The van der Waals surface area contributed by atoms with Crippen LogP contribution in [0.15, 0.2) is 30.3 Å². The maximum absolute atomic E-state index is 12.1. The summed E-state index contributed by atoms with van der Waals surface area (Å²) < 4.78 is 0. The van der Waals surface area contributed by atoms with E-state index in [1.165, 1.54) is 6.42 Å². The number of amides is 1. The van der Waals surface area contributed by atoms with E-state index in [-0.39, 0.29) is 5.91 Å². The first-order valence-corrected chi connectivity index (χ1v) is 7.57. The quantitative estimate of drug-likeness (QED) is 0.698. The van der Waals surface area contributed by atoms with E-state index in [0.717, 1.165) is 44.3 Å². The van der Waals surface area contributed by atoms with Crippen molar-refractivity contribution in [3.63, 3.8) is 0 Å². The van der Waals surface area contributed by atoms with Gasteiger partial charge in [0, 0.05) is 18.8 Å². The maximum atomic E-state index is 12.1. The number of nitrogens with two attached hydrogens (primary N) is 1. The van der Waals surface area contributed by atoms with Crippen LogP contribution < -0.4 is 16.4 Å². The molecule has 1 amide bonds. The highest BCUT2D eigenvalue weighted by Gasteiger charge is 2.34. The Balaban J connectivity index is 1.62. The third-order valence-corrected chi connectivity index (χ3v) is 3.94. The minimum Gasteiger partial charge on any atom is -0.385 e. The van der Waals surface area contributed by atoms with Crippen LogP contribution in [0, 0.1) is 0 Å². The van der Waals surface area contributed by atoms with E-state index in [1.54, 1.807) is 0 Å². The van der Waals surface area contributed by atoms with Gasteiger partial charge in [-0.25, -0.2) is 0 Å². The van der Waals surface area contributed by atoms with Crippen molar-refractivity contribution in [2.24, 2.45) is 5.73 Å². The maximum Gasteiger partial charge on any atom is 0.240 e. The van der Waals surface area contributed by atoms with Gasteiger partial charge in [0.15, 0.2) is 0 Å². The average Bonchev–Trinajstić information content (AvgIpc) is 2.48. The van der Waals surface area contributed by atoms with Crippen LogP contribution in [0.3, 0.4) is 0 Å². The van der Waals surface area contributed by atoms with Crippen LogP contribution in [0.4, 0.5) is 5.69 Å². The highest BCUT2D eigenvalue weighted by Crippen LogP contribution is 2.25. The van der Waals surface area contributed by atoms with Crippen molar-refractivity contribution in [2.75, 3.05) is 18.4 Å². The molecule has 0 bridgehead atoms. The summed E-state index contributed by atoms with van der Waals surface area (Å²) in [5.74, 6) is 0.0249. The van der Waals surface area contributed by atoms with E-state index in [4.69, 9.17) is 5.73 Å². The summed E-state index contributed by atoms with van der Waals surface area (Å²) >= 11 is 0. The van der Waals surface area contributed by atoms with Gasteiger partial charge in [-0.05, 0) is 31.4 Å². The van der Waals surface area contributed by atoms with Crippen LogP contribution in [0.5, 0.6) is 0 Å². The molecule has 0 saturated heterocycles. The van der Waals surface area contributed by atoms with Gasteiger partial charge in [0.25, 0.3) is 0 Å². The molecular formula is C16H25N3O. The van der Waals surface area contributed by atoms with Crippen molar-refractivity contribution in [3.8, 4) is 0 Å². The summed E-state index contributed by atoms with van der Waals surface area (Å²) in [6.45, 7) is 1.53. The molecular weight excluding hydrogens is 250 g/mol. The van der Waals surface area contributed by atoms with Crippen LogP contribution in [0.2, 0.25) is 0 Å². The minimum atomic E-state index is -0.620. The van der Waals surface area contributed by atoms with Crippen molar-refractivity contribution in [3.05, 3.63) is 30.3 Å². The van der Waals surface area contributed by atoms with E-state index in [9.17, 15) is 4.79 Å². The molecule has 1 aliphatic rings. The molecule has 1 aromatic rings. The van der Waals surface area contributed by atoms with E-state index < -0.39 is 5.54 Å². The fourth-order valence-corrected chi connectivity index (χ4v) is 2.66. The molecule has 110 valence electrons. The van der Waals surface area contributed by atoms with Crippen molar-refractivity contribution in [1.29, 1.82) is 0 Å². The van der Waals surface area contributed by atoms with Crippen LogP contribution in [-0.4, -0.2) is 24.5 Å². The van der Waals surface area contributed by atoms with Gasteiger partial charge in [-0.3, -0.25) is 4.79 Å². The molecule has 0 unspecified atom stereocenters. The third kappa shape index (κ3) is 4.23. The molecule has 1 saturated carbocycles. The molecule has 2 rings (SSSR count). The fraction of sp³-hybridized carbons (Fsp3) is 0.562. The molecule has 1 aliphatic carbocycles. The lowest BCUT2D eigenvalue weighted by atomic mass is 9.82. The van der Waals surface area contributed by atoms with Gasteiger partial charge in [0.05, 0.1) is 5.54 Å². The summed E-state index contributed by atoms with van der Waals surface area (Å²) in [5, 5.41) is 6.30. The van der Waals surface area contributed by atoms with Gasteiger partial charge < -0.3 is 16.4 Å². The molecule has 4 nitrogen and oxygen atoms in total. The van der Waals surface area contributed by atoms with Gasteiger partial charge in [-0.2, -0.15) is 0 Å². The number of rotatable bonds is 6. The summed E-state index contributed by atoms with van der Waals surface area (Å²) in [4.78, 5) is 12.1. The second-order valence-corrected chi connectivity index (χ2v) is 5.62. The monoisotopic (exact) mass is 275 g/mol. The van der Waals surface area contributed by atoms with E-state index in [0.29, 0.717) is 6.54 Å². The molecule has 4 heteroatoms. The van der Waals surface area contributed by atoms with Crippen molar-refractivity contribution in [1.82, 2.24) is 5.32 Å². The second-order valence-electron chi connectivity index (χ2n) is 5.62. The highest BCUT2D eigenvalue weighted by atomic mass is 16.2. The van der Waals surface area contributed by atoms with Crippen molar-refractivity contribution in [2.45, 2.75) is 44.1 Å². The van der Waals surface area contributed by atoms with E-state index in [2.05, 4.69) is 10.6 Å². The van der Waals surface area contributed by atoms with E-state index in [1.807, 2.05) is 30.3 Å². The molecule has 0 radical (unpaired) electrons. The number of benzene rings is 1. The highest BCUT2D eigenvalue weighted by molar-refractivity contribution is 5.86. The molecule has 4 N–H and O–H groups in total. The average molecular weight is 275 g/mol. The fourth-order valence-electron chi connectivity index (χ4n) is 2.66. The lowest BCUT2D eigenvalue weighted by Crippen LogP contribution is -2.55. The molecule has 1 aromatic carbocycles. The Bertz CT molecular complexity index is 413. The first-order chi connectivity index (χ1) is 9.71. The summed E-state index contributed by atoms with van der Waals surface area (Å²) in [6, 6.07) is 10.1. The summed E-state index contributed by atoms with van der Waals surface area (Å²) in [5.41, 5.74) is 6.67.